The predicted octanol–water partition coefficient (Wildman–Crippen LogP) is 1.74. The maximum absolute atomic E-state index is 13.2. The van der Waals surface area contributed by atoms with Gasteiger partial charge in [-0.2, -0.15) is 4.72 Å². The number of methoxy groups -OCH3 is 1. The lowest BCUT2D eigenvalue weighted by Crippen LogP contribution is -2.56. The second-order valence-electron chi connectivity index (χ2n) is 7.94. The van der Waals surface area contributed by atoms with Crippen molar-refractivity contribution in [2.24, 2.45) is 5.92 Å². The van der Waals surface area contributed by atoms with E-state index in [1.54, 1.807) is 23.2 Å². The van der Waals surface area contributed by atoms with Gasteiger partial charge in [-0.15, -0.1) is 0 Å². The SMILES string of the molecule is COc1ccc(S(=O)(=O)N[C@H](C(=O)N2CCN(Cc3ccccn3)CC2)C(C)C)cc1. The summed E-state index contributed by atoms with van der Waals surface area (Å²) in [5.74, 6) is 0.190. The number of carbonyl (C=O) groups excluding carboxylic acids is 1. The highest BCUT2D eigenvalue weighted by Crippen LogP contribution is 2.18. The molecule has 168 valence electrons. The van der Waals surface area contributed by atoms with Crippen LogP contribution in [0.2, 0.25) is 0 Å². The standard InChI is InChI=1S/C22H30N4O4S/c1-17(2)21(24-31(28,29)20-9-7-19(30-3)8-10-20)22(27)26-14-12-25(13-15-26)16-18-6-4-5-11-23-18/h4-11,17,21,24H,12-16H2,1-3H3/t21-/m0/s1. The molecule has 1 aliphatic rings. The van der Waals surface area contributed by atoms with Crippen LogP contribution in [0.15, 0.2) is 53.6 Å². The number of hydrogen-bond donors (Lipinski definition) is 1. The Kier molecular flexibility index (Phi) is 7.64. The van der Waals surface area contributed by atoms with Crippen molar-refractivity contribution in [1.82, 2.24) is 19.5 Å². The van der Waals surface area contributed by atoms with Crippen molar-refractivity contribution in [2.75, 3.05) is 33.3 Å². The zero-order valence-corrected chi connectivity index (χ0v) is 19.0. The number of amides is 1. The van der Waals surface area contributed by atoms with Gasteiger partial charge in [0.25, 0.3) is 0 Å². The minimum Gasteiger partial charge on any atom is -0.497 e. The summed E-state index contributed by atoms with van der Waals surface area (Å²) in [6.07, 6.45) is 1.78. The molecule has 9 heteroatoms. The molecule has 2 aromatic rings. The third-order valence-electron chi connectivity index (χ3n) is 5.38. The number of ether oxygens (including phenoxy) is 1. The molecule has 3 rings (SSSR count). The molecule has 1 atom stereocenters. The highest BCUT2D eigenvalue weighted by molar-refractivity contribution is 7.89. The van der Waals surface area contributed by atoms with Crippen molar-refractivity contribution in [1.29, 1.82) is 0 Å². The third kappa shape index (κ3) is 6.03. The summed E-state index contributed by atoms with van der Waals surface area (Å²) in [5, 5.41) is 0. The summed E-state index contributed by atoms with van der Waals surface area (Å²) in [6.45, 7) is 6.97. The van der Waals surface area contributed by atoms with Gasteiger partial charge < -0.3 is 9.64 Å². The summed E-state index contributed by atoms with van der Waals surface area (Å²) in [7, 11) is -2.32. The van der Waals surface area contributed by atoms with Crippen LogP contribution in [0, 0.1) is 5.92 Å². The van der Waals surface area contributed by atoms with Gasteiger partial charge in [-0.25, -0.2) is 8.42 Å². The normalized spacial score (nSPS) is 16.3. The van der Waals surface area contributed by atoms with Crippen molar-refractivity contribution >= 4 is 15.9 Å². The first-order valence-corrected chi connectivity index (χ1v) is 11.9. The Bertz CT molecular complexity index is 957. The van der Waals surface area contributed by atoms with Gasteiger partial charge in [0.2, 0.25) is 15.9 Å². The molecule has 1 fully saturated rings. The number of nitrogens with zero attached hydrogens (tertiary/aromatic N) is 3. The topological polar surface area (TPSA) is 91.8 Å². The number of rotatable bonds is 8. The Hall–Kier alpha value is -2.49. The molecule has 31 heavy (non-hydrogen) atoms. The maximum atomic E-state index is 13.2. The molecule has 0 aliphatic carbocycles. The fourth-order valence-corrected chi connectivity index (χ4v) is 4.84. The summed E-state index contributed by atoms with van der Waals surface area (Å²) >= 11 is 0. The largest absolute Gasteiger partial charge is 0.497 e. The van der Waals surface area contributed by atoms with E-state index < -0.39 is 16.1 Å². The lowest BCUT2D eigenvalue weighted by molar-refractivity contribution is -0.135. The number of nitrogens with one attached hydrogen (secondary N) is 1. The Labute approximate surface area is 184 Å². The van der Waals surface area contributed by atoms with Gasteiger partial charge in [0.05, 0.1) is 17.7 Å². The minimum atomic E-state index is -3.84. The molecule has 0 saturated carbocycles. The molecule has 1 aromatic carbocycles. The van der Waals surface area contributed by atoms with Gasteiger partial charge in [-0.05, 0) is 42.3 Å². The van der Waals surface area contributed by atoms with Gasteiger partial charge in [0.1, 0.15) is 11.8 Å². The number of sulfonamides is 1. The van der Waals surface area contributed by atoms with Crippen LogP contribution >= 0.6 is 0 Å². The smallest absolute Gasteiger partial charge is 0.241 e. The number of benzene rings is 1. The number of pyridine rings is 1. The van der Waals surface area contributed by atoms with Crippen LogP contribution in [0.25, 0.3) is 0 Å². The van der Waals surface area contributed by atoms with Crippen LogP contribution < -0.4 is 9.46 Å². The van der Waals surface area contributed by atoms with E-state index in [1.165, 1.54) is 19.2 Å². The molecule has 0 spiro atoms. The quantitative estimate of drug-likeness (QED) is 0.664. The monoisotopic (exact) mass is 446 g/mol. The molecular formula is C22H30N4O4S. The summed E-state index contributed by atoms with van der Waals surface area (Å²) in [5.41, 5.74) is 0.995. The van der Waals surface area contributed by atoms with Crippen LogP contribution in [0.3, 0.4) is 0 Å². The molecule has 8 nitrogen and oxygen atoms in total. The van der Waals surface area contributed by atoms with E-state index >= 15 is 0 Å². The third-order valence-corrected chi connectivity index (χ3v) is 6.84. The van der Waals surface area contributed by atoms with E-state index in [-0.39, 0.29) is 16.7 Å². The van der Waals surface area contributed by atoms with E-state index in [4.69, 9.17) is 4.74 Å². The molecule has 0 bridgehead atoms. The molecule has 1 N–H and O–H groups in total. The van der Waals surface area contributed by atoms with Crippen LogP contribution in [-0.2, 0) is 21.4 Å². The van der Waals surface area contributed by atoms with Crippen molar-refractivity contribution in [2.45, 2.75) is 31.3 Å². The molecular weight excluding hydrogens is 416 g/mol. The van der Waals surface area contributed by atoms with Crippen molar-refractivity contribution in [3.05, 3.63) is 54.4 Å². The Morgan fingerprint density at radius 2 is 1.77 bits per heavy atom. The van der Waals surface area contributed by atoms with Crippen LogP contribution in [0.5, 0.6) is 5.75 Å². The van der Waals surface area contributed by atoms with Gasteiger partial charge in [-0.3, -0.25) is 14.7 Å². The lowest BCUT2D eigenvalue weighted by atomic mass is 10.0. The highest BCUT2D eigenvalue weighted by atomic mass is 32.2. The van der Waals surface area contributed by atoms with Crippen molar-refractivity contribution in [3.8, 4) is 5.75 Å². The number of aromatic nitrogens is 1. The minimum absolute atomic E-state index is 0.104. The molecule has 1 aliphatic heterocycles. The first-order valence-electron chi connectivity index (χ1n) is 10.4. The van der Waals surface area contributed by atoms with Gasteiger partial charge in [0, 0.05) is 38.9 Å². The molecule has 1 saturated heterocycles. The van der Waals surface area contributed by atoms with Crippen LogP contribution in [-0.4, -0.2) is 68.4 Å². The average molecular weight is 447 g/mol. The summed E-state index contributed by atoms with van der Waals surface area (Å²) < 4.78 is 33.4. The fraction of sp³-hybridized carbons (Fsp3) is 0.455. The summed E-state index contributed by atoms with van der Waals surface area (Å²) in [6, 6.07) is 11.1. The maximum Gasteiger partial charge on any atom is 0.241 e. The molecule has 1 aromatic heterocycles. The number of piperazine rings is 1. The second-order valence-corrected chi connectivity index (χ2v) is 9.65. The first-order chi connectivity index (χ1) is 14.8. The van der Waals surface area contributed by atoms with Crippen molar-refractivity contribution < 1.29 is 17.9 Å². The Morgan fingerprint density at radius 3 is 2.32 bits per heavy atom. The van der Waals surface area contributed by atoms with E-state index in [1.807, 2.05) is 32.0 Å². The second kappa shape index (κ2) is 10.2. The molecule has 1 amide bonds. The molecule has 0 unspecified atom stereocenters. The van der Waals surface area contributed by atoms with Crippen LogP contribution in [0.4, 0.5) is 0 Å². The highest BCUT2D eigenvalue weighted by Gasteiger charge is 2.33. The van der Waals surface area contributed by atoms with E-state index in [0.717, 1.165) is 25.3 Å². The van der Waals surface area contributed by atoms with Crippen LogP contribution in [0.1, 0.15) is 19.5 Å². The van der Waals surface area contributed by atoms with E-state index in [9.17, 15) is 13.2 Å². The Balaban J connectivity index is 1.62. The van der Waals surface area contributed by atoms with E-state index in [2.05, 4.69) is 14.6 Å². The van der Waals surface area contributed by atoms with Gasteiger partial charge in [-0.1, -0.05) is 19.9 Å². The summed E-state index contributed by atoms with van der Waals surface area (Å²) in [4.78, 5) is 21.6. The van der Waals surface area contributed by atoms with Gasteiger partial charge in [0.15, 0.2) is 0 Å². The number of carbonyl (C=O) groups is 1. The van der Waals surface area contributed by atoms with Gasteiger partial charge >= 0.3 is 0 Å². The molecule has 0 radical (unpaired) electrons. The zero-order valence-electron chi connectivity index (χ0n) is 18.2. The van der Waals surface area contributed by atoms with E-state index in [0.29, 0.717) is 18.8 Å². The number of hydrogen-bond acceptors (Lipinski definition) is 6. The lowest BCUT2D eigenvalue weighted by Gasteiger charge is -2.37. The first kappa shape index (κ1) is 23.2. The Morgan fingerprint density at radius 1 is 1.10 bits per heavy atom. The molecule has 2 heterocycles. The predicted molar refractivity (Wildman–Crippen MR) is 118 cm³/mol. The fourth-order valence-electron chi connectivity index (χ4n) is 3.51. The zero-order chi connectivity index (χ0) is 22.4. The average Bonchev–Trinajstić information content (AvgIpc) is 2.78. The van der Waals surface area contributed by atoms with Crippen molar-refractivity contribution in [3.63, 3.8) is 0 Å².